The Labute approximate surface area is 127 Å². The van der Waals surface area contributed by atoms with Crippen LogP contribution in [-0.2, 0) is 11.3 Å². The van der Waals surface area contributed by atoms with Crippen LogP contribution in [0.25, 0.3) is 0 Å². The normalized spacial score (nSPS) is 18.4. The number of ether oxygens (including phenoxy) is 1. The number of halogens is 1. The molecule has 1 aliphatic heterocycles. The van der Waals surface area contributed by atoms with Crippen LogP contribution in [0, 0.1) is 6.92 Å². The van der Waals surface area contributed by atoms with Gasteiger partial charge in [0.15, 0.2) is 0 Å². The molecule has 0 aromatic heterocycles. The summed E-state index contributed by atoms with van der Waals surface area (Å²) in [5.41, 5.74) is 2.58. The summed E-state index contributed by atoms with van der Waals surface area (Å²) in [5.74, 6) is 0. The summed E-state index contributed by atoms with van der Waals surface area (Å²) in [6.07, 6.45) is 2.17. The van der Waals surface area contributed by atoms with E-state index in [0.29, 0.717) is 0 Å². The molecule has 0 atom stereocenters. The molecule has 0 saturated carbocycles. The number of hydrogen-bond acceptors (Lipinski definition) is 3. The lowest BCUT2D eigenvalue weighted by Crippen LogP contribution is -2.54. The second kappa shape index (κ2) is 6.90. The van der Waals surface area contributed by atoms with E-state index in [9.17, 15) is 0 Å². The average molecular weight is 297 g/mol. The summed E-state index contributed by atoms with van der Waals surface area (Å²) in [6, 6.07) is 6.27. The molecule has 4 heteroatoms. The Hall–Kier alpha value is -0.610. The summed E-state index contributed by atoms with van der Waals surface area (Å²) in [5, 5.41) is 4.43. The Bertz CT molecular complexity index is 442. The zero-order valence-electron chi connectivity index (χ0n) is 12.7. The number of aryl methyl sites for hydroxylation is 1. The molecule has 0 amide bonds. The fourth-order valence-corrected chi connectivity index (χ4v) is 2.92. The molecule has 2 rings (SSSR count). The van der Waals surface area contributed by atoms with E-state index in [1.807, 2.05) is 6.92 Å². The quantitative estimate of drug-likeness (QED) is 0.904. The summed E-state index contributed by atoms with van der Waals surface area (Å²) in [6.45, 7) is 5.58. The van der Waals surface area contributed by atoms with E-state index in [-0.39, 0.29) is 5.54 Å². The number of nitrogens with zero attached hydrogens (tertiary/aromatic N) is 1. The van der Waals surface area contributed by atoms with Gasteiger partial charge in [0, 0.05) is 36.9 Å². The Morgan fingerprint density at radius 2 is 2.00 bits per heavy atom. The molecule has 0 unspecified atom stereocenters. The minimum atomic E-state index is 0.215. The molecule has 3 nitrogen and oxygen atoms in total. The second-order valence-corrected chi connectivity index (χ2v) is 6.33. The third-order valence-corrected chi connectivity index (χ3v) is 4.80. The van der Waals surface area contributed by atoms with E-state index in [1.165, 1.54) is 5.56 Å². The van der Waals surface area contributed by atoms with Crippen LogP contribution >= 0.6 is 11.6 Å². The van der Waals surface area contributed by atoms with Crippen molar-refractivity contribution in [2.45, 2.75) is 31.8 Å². The Kier molecular flexibility index (Phi) is 5.44. The number of benzene rings is 1. The van der Waals surface area contributed by atoms with Gasteiger partial charge in [-0.25, -0.2) is 0 Å². The van der Waals surface area contributed by atoms with Gasteiger partial charge in [-0.2, -0.15) is 0 Å². The first-order valence-electron chi connectivity index (χ1n) is 7.24. The highest BCUT2D eigenvalue weighted by Gasteiger charge is 2.34. The summed E-state index contributed by atoms with van der Waals surface area (Å²) in [4.78, 5) is 2.34. The van der Waals surface area contributed by atoms with Gasteiger partial charge in [0.05, 0.1) is 0 Å². The SMILES string of the molecule is Cc1ccc(CNCC2(N(C)C)CCOCC2)cc1Cl. The van der Waals surface area contributed by atoms with Crippen molar-refractivity contribution in [1.82, 2.24) is 10.2 Å². The van der Waals surface area contributed by atoms with Crippen LogP contribution < -0.4 is 5.32 Å². The highest BCUT2D eigenvalue weighted by Crippen LogP contribution is 2.25. The molecule has 0 spiro atoms. The Morgan fingerprint density at radius 1 is 1.30 bits per heavy atom. The minimum Gasteiger partial charge on any atom is -0.381 e. The van der Waals surface area contributed by atoms with Gasteiger partial charge in [-0.05, 0) is 51.1 Å². The average Bonchev–Trinajstić information content (AvgIpc) is 2.44. The van der Waals surface area contributed by atoms with E-state index in [0.717, 1.165) is 49.7 Å². The molecular formula is C16H25ClN2O. The number of hydrogen-bond donors (Lipinski definition) is 1. The van der Waals surface area contributed by atoms with E-state index in [2.05, 4.69) is 42.5 Å². The molecule has 1 aliphatic rings. The van der Waals surface area contributed by atoms with Crippen LogP contribution in [0.1, 0.15) is 24.0 Å². The van der Waals surface area contributed by atoms with Crippen molar-refractivity contribution in [3.8, 4) is 0 Å². The smallest absolute Gasteiger partial charge is 0.0484 e. The predicted molar refractivity (Wildman–Crippen MR) is 84.4 cm³/mol. The first-order valence-corrected chi connectivity index (χ1v) is 7.62. The molecule has 1 N–H and O–H groups in total. The van der Waals surface area contributed by atoms with Crippen LogP contribution in [0.15, 0.2) is 18.2 Å². The molecule has 1 heterocycles. The topological polar surface area (TPSA) is 24.5 Å². The van der Waals surface area contributed by atoms with Crippen LogP contribution in [0.3, 0.4) is 0 Å². The van der Waals surface area contributed by atoms with Crippen LogP contribution in [-0.4, -0.2) is 44.3 Å². The maximum atomic E-state index is 6.17. The van der Waals surface area contributed by atoms with Gasteiger partial charge in [-0.1, -0.05) is 23.7 Å². The van der Waals surface area contributed by atoms with Gasteiger partial charge in [0.25, 0.3) is 0 Å². The highest BCUT2D eigenvalue weighted by molar-refractivity contribution is 6.31. The van der Waals surface area contributed by atoms with Crippen molar-refractivity contribution in [3.63, 3.8) is 0 Å². The maximum Gasteiger partial charge on any atom is 0.0484 e. The lowest BCUT2D eigenvalue weighted by atomic mass is 9.88. The molecule has 1 saturated heterocycles. The zero-order chi connectivity index (χ0) is 14.6. The number of rotatable bonds is 5. The Balaban J connectivity index is 1.91. The third-order valence-electron chi connectivity index (χ3n) is 4.39. The highest BCUT2D eigenvalue weighted by atomic mass is 35.5. The summed E-state index contributed by atoms with van der Waals surface area (Å²) < 4.78 is 5.50. The molecule has 112 valence electrons. The largest absolute Gasteiger partial charge is 0.381 e. The minimum absolute atomic E-state index is 0.215. The van der Waals surface area contributed by atoms with Gasteiger partial charge >= 0.3 is 0 Å². The van der Waals surface area contributed by atoms with Crippen molar-refractivity contribution in [1.29, 1.82) is 0 Å². The molecule has 1 aromatic rings. The van der Waals surface area contributed by atoms with Crippen LogP contribution in [0.2, 0.25) is 5.02 Å². The summed E-state index contributed by atoms with van der Waals surface area (Å²) >= 11 is 6.17. The number of likely N-dealkylation sites (N-methyl/N-ethyl adjacent to an activating group) is 1. The molecule has 20 heavy (non-hydrogen) atoms. The van der Waals surface area contributed by atoms with E-state index < -0.39 is 0 Å². The molecular weight excluding hydrogens is 272 g/mol. The zero-order valence-corrected chi connectivity index (χ0v) is 13.5. The Morgan fingerprint density at radius 3 is 2.60 bits per heavy atom. The van der Waals surface area contributed by atoms with E-state index >= 15 is 0 Å². The van der Waals surface area contributed by atoms with Gasteiger partial charge in [0.1, 0.15) is 0 Å². The molecule has 0 bridgehead atoms. The first kappa shape index (κ1) is 15.8. The van der Waals surface area contributed by atoms with Gasteiger partial charge in [0.2, 0.25) is 0 Å². The second-order valence-electron chi connectivity index (χ2n) is 5.92. The fraction of sp³-hybridized carbons (Fsp3) is 0.625. The summed E-state index contributed by atoms with van der Waals surface area (Å²) in [7, 11) is 4.32. The molecule has 0 radical (unpaired) electrons. The lowest BCUT2D eigenvalue weighted by Gasteiger charge is -2.43. The maximum absolute atomic E-state index is 6.17. The monoisotopic (exact) mass is 296 g/mol. The third kappa shape index (κ3) is 3.73. The van der Waals surface area contributed by atoms with Crippen molar-refractivity contribution < 1.29 is 4.74 Å². The molecule has 1 fully saturated rings. The van der Waals surface area contributed by atoms with Crippen LogP contribution in [0.5, 0.6) is 0 Å². The standard InChI is InChI=1S/C16H25ClN2O/c1-13-4-5-14(10-15(13)17)11-18-12-16(19(2)3)6-8-20-9-7-16/h4-5,10,18H,6-9,11-12H2,1-3H3. The van der Waals surface area contributed by atoms with E-state index in [4.69, 9.17) is 16.3 Å². The van der Waals surface area contributed by atoms with E-state index in [1.54, 1.807) is 0 Å². The van der Waals surface area contributed by atoms with Crippen molar-refractivity contribution in [2.75, 3.05) is 33.9 Å². The first-order chi connectivity index (χ1) is 9.53. The fourth-order valence-electron chi connectivity index (χ4n) is 2.72. The van der Waals surface area contributed by atoms with Crippen molar-refractivity contribution in [3.05, 3.63) is 34.3 Å². The number of nitrogens with one attached hydrogen (secondary N) is 1. The van der Waals surface area contributed by atoms with Gasteiger partial charge in [-0.15, -0.1) is 0 Å². The van der Waals surface area contributed by atoms with Gasteiger partial charge in [-0.3, -0.25) is 0 Å². The molecule has 0 aliphatic carbocycles. The van der Waals surface area contributed by atoms with Crippen molar-refractivity contribution >= 4 is 11.6 Å². The van der Waals surface area contributed by atoms with Gasteiger partial charge < -0.3 is 15.0 Å². The molecule has 1 aromatic carbocycles. The predicted octanol–water partition coefficient (Wildman–Crippen LogP) is 2.85. The lowest BCUT2D eigenvalue weighted by molar-refractivity contribution is -0.00716. The van der Waals surface area contributed by atoms with Crippen molar-refractivity contribution in [2.24, 2.45) is 0 Å². The van der Waals surface area contributed by atoms with Crippen LogP contribution in [0.4, 0.5) is 0 Å².